The van der Waals surface area contributed by atoms with E-state index in [1.165, 1.54) is 6.07 Å². The molecule has 11 heavy (non-hydrogen) atoms. The van der Waals surface area contributed by atoms with Crippen LogP contribution in [0.25, 0.3) is 0 Å². The Labute approximate surface area is 79.5 Å². The molecule has 1 aromatic rings. The van der Waals surface area contributed by atoms with Gasteiger partial charge in [-0.1, -0.05) is 6.92 Å². The van der Waals surface area contributed by atoms with Crippen LogP contribution in [-0.2, 0) is 21.1 Å². The summed E-state index contributed by atoms with van der Waals surface area (Å²) in [5.74, 6) is -1.13. The number of carboxylic acids is 1. The van der Waals surface area contributed by atoms with E-state index in [0.717, 1.165) is 0 Å². The van der Waals surface area contributed by atoms with Crippen LogP contribution in [0.5, 0.6) is 0 Å². The van der Waals surface area contributed by atoms with E-state index in [9.17, 15) is 9.90 Å². The van der Waals surface area contributed by atoms with Crippen molar-refractivity contribution in [1.82, 2.24) is 0 Å². The van der Waals surface area contributed by atoms with Gasteiger partial charge in [-0.05, 0) is 0 Å². The Morgan fingerprint density at radius 1 is 1.64 bits per heavy atom. The molecule has 0 aliphatic carbocycles. The minimum atomic E-state index is -1.13. The first kappa shape index (κ1) is 10.4. The average Bonchev–Trinajstić information content (AvgIpc) is 1.88. The van der Waals surface area contributed by atoms with E-state index in [0.29, 0.717) is 5.56 Å². The molecule has 2 nitrogen and oxygen atoms in total. The van der Waals surface area contributed by atoms with Gasteiger partial charge in [-0.2, -0.15) is 29.8 Å². The molecule has 0 heterocycles. The normalized spacial score (nSPS) is 8.45. The van der Waals surface area contributed by atoms with E-state index in [4.69, 9.17) is 0 Å². The molecule has 0 N–H and O–H groups in total. The largest absolute Gasteiger partial charge is 0.547 e. The van der Waals surface area contributed by atoms with E-state index >= 15 is 0 Å². The molecule has 0 fully saturated rings. The first-order chi connectivity index (χ1) is 4.72. The molecule has 0 atom stereocenters. The Balaban J connectivity index is 0.000001000. The van der Waals surface area contributed by atoms with Crippen LogP contribution in [0.3, 0.4) is 0 Å². The third-order valence-electron chi connectivity index (χ3n) is 1.29. The first-order valence-corrected chi connectivity index (χ1v) is 2.90. The Bertz CT molecular complexity index is 258. The van der Waals surface area contributed by atoms with Crippen molar-refractivity contribution in [3.8, 4) is 0 Å². The van der Waals surface area contributed by atoms with Crippen LogP contribution < -0.4 is 5.11 Å². The number of aromatic carboxylic acids is 1. The monoisotopic (exact) mass is 318 g/mol. The number of benzene rings is 1. The van der Waals surface area contributed by atoms with E-state index in [2.05, 4.69) is 6.07 Å². The van der Waals surface area contributed by atoms with Crippen LogP contribution in [0.2, 0.25) is 0 Å². The van der Waals surface area contributed by atoms with Gasteiger partial charge in [0.25, 0.3) is 0 Å². The molecule has 0 radical (unpaired) electrons. The molecule has 0 spiro atoms. The Morgan fingerprint density at radius 2 is 2.27 bits per heavy atom. The molecule has 0 aliphatic rings. The van der Waals surface area contributed by atoms with Crippen LogP contribution >= 0.6 is 0 Å². The summed E-state index contributed by atoms with van der Waals surface area (Å²) in [5.41, 5.74) is 0.918. The number of carbonyl (C=O) groups excluding carboxylic acids is 1. The molecule has 1 rings (SSSR count). The standard InChI is InChI=1S/C8H7O2.W/c1-6-4-2-3-5-7(6)8(9)10;/h3-5H,1H3,(H,9,10);/q-1;/p-1. The van der Waals surface area contributed by atoms with Crippen LogP contribution in [0.1, 0.15) is 15.9 Å². The minimum Gasteiger partial charge on any atom is -0.547 e. The van der Waals surface area contributed by atoms with Crippen molar-refractivity contribution in [2.24, 2.45) is 0 Å². The number of hydrogen-bond donors (Lipinski definition) is 0. The fraction of sp³-hybridized carbons (Fsp3) is 0.125. The van der Waals surface area contributed by atoms with Gasteiger partial charge in [0.1, 0.15) is 0 Å². The van der Waals surface area contributed by atoms with Gasteiger partial charge in [-0.15, -0.1) is 5.56 Å². The second-order valence-corrected chi connectivity index (χ2v) is 2.03. The summed E-state index contributed by atoms with van der Waals surface area (Å²) in [6.45, 7) is 1.71. The molecule has 58 valence electrons. The molecule has 1 aromatic carbocycles. The smallest absolute Gasteiger partial charge is 0.0476 e. The van der Waals surface area contributed by atoms with Crippen LogP contribution in [0.15, 0.2) is 18.2 Å². The Kier molecular flexibility index (Phi) is 4.05. The number of carbonyl (C=O) groups is 1. The number of carboxylic acid groups (broad SMARTS) is 1. The summed E-state index contributed by atoms with van der Waals surface area (Å²) in [4.78, 5) is 10.3. The molecule has 0 bridgehead atoms. The van der Waals surface area contributed by atoms with Crippen molar-refractivity contribution >= 4 is 5.97 Å². The zero-order valence-electron chi connectivity index (χ0n) is 5.96. The molecule has 0 amide bonds. The zero-order valence-corrected chi connectivity index (χ0v) is 8.89. The van der Waals surface area contributed by atoms with Gasteiger partial charge < -0.3 is 9.90 Å². The van der Waals surface area contributed by atoms with Crippen molar-refractivity contribution in [3.05, 3.63) is 35.4 Å². The molecule has 0 saturated heterocycles. The molecular formula is C8H6O2W-2. The minimum absolute atomic E-state index is 0. The molecule has 0 unspecified atom stereocenters. The van der Waals surface area contributed by atoms with Crippen molar-refractivity contribution in [2.45, 2.75) is 6.92 Å². The van der Waals surface area contributed by atoms with Crippen molar-refractivity contribution in [3.63, 3.8) is 0 Å². The molecule has 0 aliphatic heterocycles. The van der Waals surface area contributed by atoms with E-state index in [1.54, 1.807) is 19.1 Å². The van der Waals surface area contributed by atoms with Crippen molar-refractivity contribution in [2.75, 3.05) is 0 Å². The van der Waals surface area contributed by atoms with E-state index in [-0.39, 0.29) is 26.6 Å². The number of aryl methyl sites for hydroxylation is 1. The second-order valence-electron chi connectivity index (χ2n) is 2.03. The summed E-state index contributed by atoms with van der Waals surface area (Å²) in [6, 6.07) is 7.41. The maximum Gasteiger partial charge on any atom is 0.0476 e. The van der Waals surface area contributed by atoms with Crippen LogP contribution in [0.4, 0.5) is 0 Å². The quantitative estimate of drug-likeness (QED) is 0.692. The van der Waals surface area contributed by atoms with Gasteiger partial charge in [-0.25, -0.2) is 0 Å². The maximum absolute atomic E-state index is 10.3. The van der Waals surface area contributed by atoms with Crippen LogP contribution in [-0.4, -0.2) is 5.97 Å². The van der Waals surface area contributed by atoms with Crippen molar-refractivity contribution in [1.29, 1.82) is 0 Å². The Hall–Kier alpha value is -0.622. The molecule has 3 heteroatoms. The van der Waals surface area contributed by atoms with Crippen LogP contribution in [0, 0.1) is 13.0 Å². The number of hydrogen-bond acceptors (Lipinski definition) is 2. The van der Waals surface area contributed by atoms with Gasteiger partial charge in [0.15, 0.2) is 0 Å². The predicted octanol–water partition coefficient (Wildman–Crippen LogP) is 0.156. The topological polar surface area (TPSA) is 40.1 Å². The van der Waals surface area contributed by atoms with Gasteiger partial charge in [0.2, 0.25) is 0 Å². The predicted molar refractivity (Wildman–Crippen MR) is 34.3 cm³/mol. The third-order valence-corrected chi connectivity index (χ3v) is 1.29. The first-order valence-electron chi connectivity index (χ1n) is 2.90. The van der Waals surface area contributed by atoms with Gasteiger partial charge in [0.05, 0.1) is 0 Å². The van der Waals surface area contributed by atoms with Gasteiger partial charge in [-0.3, -0.25) is 0 Å². The summed E-state index contributed by atoms with van der Waals surface area (Å²) >= 11 is 0. The third kappa shape index (κ3) is 2.47. The molecular weight excluding hydrogens is 312 g/mol. The fourth-order valence-corrected chi connectivity index (χ4v) is 0.743. The van der Waals surface area contributed by atoms with E-state index < -0.39 is 5.97 Å². The fourth-order valence-electron chi connectivity index (χ4n) is 0.743. The SMILES string of the molecule is Cc1c[c-]ccc1C(=O)[O-].[W]. The van der Waals surface area contributed by atoms with Gasteiger partial charge in [0, 0.05) is 27.0 Å². The zero-order chi connectivity index (χ0) is 7.56. The Morgan fingerprint density at radius 3 is 2.64 bits per heavy atom. The summed E-state index contributed by atoms with van der Waals surface area (Å²) in [5, 5.41) is 10.3. The molecule has 0 saturated carbocycles. The van der Waals surface area contributed by atoms with Crippen molar-refractivity contribution < 1.29 is 31.0 Å². The summed E-state index contributed by atoms with van der Waals surface area (Å²) in [6.07, 6.45) is 0. The van der Waals surface area contributed by atoms with Gasteiger partial charge >= 0.3 is 0 Å². The second kappa shape index (κ2) is 4.30. The van der Waals surface area contributed by atoms with E-state index in [1.807, 2.05) is 0 Å². The average molecular weight is 318 g/mol. The summed E-state index contributed by atoms with van der Waals surface area (Å²) < 4.78 is 0. The number of rotatable bonds is 1. The maximum atomic E-state index is 10.3. The molecule has 0 aromatic heterocycles. The summed E-state index contributed by atoms with van der Waals surface area (Å²) in [7, 11) is 0.